The molecular formula is C18H30N4O. The van der Waals surface area contributed by atoms with Crippen LogP contribution in [0.25, 0.3) is 0 Å². The lowest BCUT2D eigenvalue weighted by atomic mass is 9.99. The third-order valence-corrected chi connectivity index (χ3v) is 4.29. The van der Waals surface area contributed by atoms with Gasteiger partial charge in [0.1, 0.15) is 0 Å². The molecule has 3 N–H and O–H groups in total. The maximum Gasteiger partial charge on any atom is 0.188 e. The molecule has 0 radical (unpaired) electrons. The van der Waals surface area contributed by atoms with E-state index >= 15 is 0 Å². The third-order valence-electron chi connectivity index (χ3n) is 4.29. The highest BCUT2D eigenvalue weighted by Gasteiger charge is 2.19. The Kier molecular flexibility index (Phi) is 7.36. The van der Waals surface area contributed by atoms with E-state index in [-0.39, 0.29) is 0 Å². The molecule has 1 aromatic rings. The van der Waals surface area contributed by atoms with Crippen LogP contribution in [0.4, 0.5) is 0 Å². The van der Waals surface area contributed by atoms with Crippen LogP contribution in [0.3, 0.4) is 0 Å². The maximum absolute atomic E-state index is 5.92. The average Bonchev–Trinajstić information content (AvgIpc) is 2.59. The summed E-state index contributed by atoms with van der Waals surface area (Å²) in [6, 6.07) is 9.10. The smallest absolute Gasteiger partial charge is 0.188 e. The molecule has 23 heavy (non-hydrogen) atoms. The number of fused-ring (bicyclic) bond motifs is 1. The molecule has 1 atom stereocenters. The lowest BCUT2D eigenvalue weighted by molar-refractivity contribution is 0.145. The number of hydrogen-bond donors (Lipinski definition) is 2. The molecule has 1 aliphatic rings. The SMILES string of the molecule is CCOCCCNC(N)=NCC(C)N1CCc2ccccc2C1. The minimum absolute atomic E-state index is 0.395. The normalized spacial score (nSPS) is 16.9. The fourth-order valence-electron chi connectivity index (χ4n) is 2.83. The molecule has 0 amide bonds. The minimum atomic E-state index is 0.395. The summed E-state index contributed by atoms with van der Waals surface area (Å²) in [6.45, 7) is 9.39. The minimum Gasteiger partial charge on any atom is -0.382 e. The summed E-state index contributed by atoms with van der Waals surface area (Å²) < 4.78 is 5.29. The fraction of sp³-hybridized carbons (Fsp3) is 0.611. The molecule has 2 rings (SSSR count). The first-order chi connectivity index (χ1) is 11.2. The first kappa shape index (κ1) is 17.8. The summed E-state index contributed by atoms with van der Waals surface area (Å²) in [6.07, 6.45) is 2.07. The van der Waals surface area contributed by atoms with Gasteiger partial charge in [-0.15, -0.1) is 0 Å². The van der Waals surface area contributed by atoms with Crippen LogP contribution in [0.15, 0.2) is 29.3 Å². The van der Waals surface area contributed by atoms with E-state index in [1.165, 1.54) is 11.1 Å². The summed E-state index contributed by atoms with van der Waals surface area (Å²) in [4.78, 5) is 6.95. The molecule has 0 saturated carbocycles. The van der Waals surface area contributed by atoms with Gasteiger partial charge in [-0.3, -0.25) is 9.89 Å². The molecule has 0 fully saturated rings. The maximum atomic E-state index is 5.92. The second kappa shape index (κ2) is 9.53. The lowest BCUT2D eigenvalue weighted by Crippen LogP contribution is -2.40. The van der Waals surface area contributed by atoms with Crippen molar-refractivity contribution < 1.29 is 4.74 Å². The Bertz CT molecular complexity index is 504. The molecule has 1 unspecified atom stereocenters. The highest BCUT2D eigenvalue weighted by Crippen LogP contribution is 2.20. The van der Waals surface area contributed by atoms with Crippen LogP contribution in [0, 0.1) is 0 Å². The number of ether oxygens (including phenoxy) is 1. The predicted octanol–water partition coefficient (Wildman–Crippen LogP) is 1.76. The molecule has 5 nitrogen and oxygen atoms in total. The highest BCUT2D eigenvalue weighted by molar-refractivity contribution is 5.77. The van der Waals surface area contributed by atoms with Gasteiger partial charge < -0.3 is 15.8 Å². The largest absolute Gasteiger partial charge is 0.382 e. The molecule has 1 heterocycles. The summed E-state index contributed by atoms with van der Waals surface area (Å²) in [5, 5.41) is 3.14. The second-order valence-electron chi connectivity index (χ2n) is 6.04. The number of hydrogen-bond acceptors (Lipinski definition) is 3. The van der Waals surface area contributed by atoms with Crippen molar-refractivity contribution in [2.24, 2.45) is 10.7 Å². The van der Waals surface area contributed by atoms with Crippen LogP contribution in [0.2, 0.25) is 0 Å². The molecule has 1 aromatic carbocycles. The van der Waals surface area contributed by atoms with Crippen molar-refractivity contribution in [1.29, 1.82) is 0 Å². The quantitative estimate of drug-likeness (QED) is 0.436. The molecule has 0 spiro atoms. The lowest BCUT2D eigenvalue weighted by Gasteiger charge is -2.33. The van der Waals surface area contributed by atoms with E-state index in [4.69, 9.17) is 10.5 Å². The van der Waals surface area contributed by atoms with Gasteiger partial charge in [-0.05, 0) is 37.8 Å². The third kappa shape index (κ3) is 5.84. The summed E-state index contributed by atoms with van der Waals surface area (Å²) in [5.74, 6) is 0.533. The van der Waals surface area contributed by atoms with Gasteiger partial charge in [0.15, 0.2) is 5.96 Å². The first-order valence-electron chi connectivity index (χ1n) is 8.63. The molecule has 0 bridgehead atoms. The Labute approximate surface area is 139 Å². The van der Waals surface area contributed by atoms with Gasteiger partial charge in [-0.2, -0.15) is 0 Å². The van der Waals surface area contributed by atoms with E-state index < -0.39 is 0 Å². The highest BCUT2D eigenvalue weighted by atomic mass is 16.5. The van der Waals surface area contributed by atoms with Crippen LogP contribution in [-0.4, -0.2) is 49.7 Å². The van der Waals surface area contributed by atoms with Gasteiger partial charge in [0, 0.05) is 38.9 Å². The number of nitrogens with two attached hydrogens (primary N) is 1. The number of nitrogens with one attached hydrogen (secondary N) is 1. The van der Waals surface area contributed by atoms with Crippen LogP contribution in [-0.2, 0) is 17.7 Å². The molecule has 0 aliphatic carbocycles. The Morgan fingerprint density at radius 2 is 2.17 bits per heavy atom. The molecule has 0 aromatic heterocycles. The van der Waals surface area contributed by atoms with E-state index in [9.17, 15) is 0 Å². The number of aliphatic imine (C=N–C) groups is 1. The van der Waals surface area contributed by atoms with Gasteiger partial charge in [0.05, 0.1) is 6.54 Å². The number of rotatable bonds is 8. The second-order valence-corrected chi connectivity index (χ2v) is 6.04. The molecular weight excluding hydrogens is 288 g/mol. The average molecular weight is 318 g/mol. The van der Waals surface area contributed by atoms with Crippen molar-refractivity contribution >= 4 is 5.96 Å². The van der Waals surface area contributed by atoms with Gasteiger partial charge in [-0.25, -0.2) is 0 Å². The number of guanidine groups is 1. The van der Waals surface area contributed by atoms with Gasteiger partial charge in [0.2, 0.25) is 0 Å². The van der Waals surface area contributed by atoms with Gasteiger partial charge >= 0.3 is 0 Å². The fourth-order valence-corrected chi connectivity index (χ4v) is 2.83. The molecule has 1 aliphatic heterocycles. The Morgan fingerprint density at radius 1 is 1.39 bits per heavy atom. The van der Waals surface area contributed by atoms with E-state index in [0.29, 0.717) is 12.0 Å². The van der Waals surface area contributed by atoms with Crippen molar-refractivity contribution in [2.45, 2.75) is 39.3 Å². The van der Waals surface area contributed by atoms with E-state index in [1.54, 1.807) is 0 Å². The van der Waals surface area contributed by atoms with Gasteiger partial charge in [-0.1, -0.05) is 24.3 Å². The van der Waals surface area contributed by atoms with Crippen molar-refractivity contribution in [2.75, 3.05) is 32.8 Å². The zero-order valence-corrected chi connectivity index (χ0v) is 14.4. The van der Waals surface area contributed by atoms with E-state index in [0.717, 1.165) is 52.2 Å². The van der Waals surface area contributed by atoms with Crippen molar-refractivity contribution in [3.8, 4) is 0 Å². The van der Waals surface area contributed by atoms with Crippen molar-refractivity contribution in [3.63, 3.8) is 0 Å². The molecule has 5 heteroatoms. The van der Waals surface area contributed by atoms with E-state index in [1.807, 2.05) is 6.92 Å². The monoisotopic (exact) mass is 318 g/mol. The molecule has 0 saturated heterocycles. The standard InChI is InChI=1S/C18H30N4O/c1-3-23-12-6-10-20-18(19)21-13-15(2)22-11-9-16-7-4-5-8-17(16)14-22/h4-5,7-8,15H,3,6,9-14H2,1-2H3,(H3,19,20,21). The predicted molar refractivity (Wildman–Crippen MR) is 95.6 cm³/mol. The van der Waals surface area contributed by atoms with E-state index in [2.05, 4.69) is 46.4 Å². The Morgan fingerprint density at radius 3 is 2.96 bits per heavy atom. The Hall–Kier alpha value is -1.59. The zero-order valence-electron chi connectivity index (χ0n) is 14.4. The topological polar surface area (TPSA) is 62.9 Å². The molecule has 128 valence electrons. The Balaban J connectivity index is 1.72. The van der Waals surface area contributed by atoms with Crippen molar-refractivity contribution in [3.05, 3.63) is 35.4 Å². The summed E-state index contributed by atoms with van der Waals surface area (Å²) >= 11 is 0. The zero-order chi connectivity index (χ0) is 16.5. The van der Waals surface area contributed by atoms with Crippen LogP contribution < -0.4 is 11.1 Å². The van der Waals surface area contributed by atoms with Gasteiger partial charge in [0.25, 0.3) is 0 Å². The summed E-state index contributed by atoms with van der Waals surface area (Å²) in [5.41, 5.74) is 8.85. The summed E-state index contributed by atoms with van der Waals surface area (Å²) in [7, 11) is 0. The van der Waals surface area contributed by atoms with Crippen LogP contribution in [0.5, 0.6) is 0 Å². The van der Waals surface area contributed by atoms with Crippen molar-refractivity contribution in [1.82, 2.24) is 10.2 Å². The number of benzene rings is 1. The first-order valence-corrected chi connectivity index (χ1v) is 8.63. The number of nitrogens with zero attached hydrogens (tertiary/aromatic N) is 2. The van der Waals surface area contributed by atoms with Crippen LogP contribution in [0.1, 0.15) is 31.4 Å². The van der Waals surface area contributed by atoms with Crippen LogP contribution >= 0.6 is 0 Å².